The fourth-order valence-electron chi connectivity index (χ4n) is 0.952. The van der Waals surface area contributed by atoms with Gasteiger partial charge >= 0.3 is 0 Å². The van der Waals surface area contributed by atoms with Gasteiger partial charge in [-0.1, -0.05) is 0 Å². The van der Waals surface area contributed by atoms with Crippen molar-refractivity contribution < 1.29 is 8.78 Å². The van der Waals surface area contributed by atoms with Crippen molar-refractivity contribution in [3.63, 3.8) is 0 Å². The van der Waals surface area contributed by atoms with E-state index in [0.29, 0.717) is 4.60 Å². The lowest BCUT2D eigenvalue weighted by molar-refractivity contribution is 0.143. The molecule has 1 aromatic rings. The maximum absolute atomic E-state index is 12.3. The molecule has 0 saturated carbocycles. The van der Waals surface area contributed by atoms with Crippen LogP contribution >= 0.6 is 15.9 Å². The monoisotopic (exact) mass is 252 g/mol. The van der Waals surface area contributed by atoms with E-state index in [1.807, 2.05) is 20.8 Å². The summed E-state index contributed by atoms with van der Waals surface area (Å²) in [5.41, 5.74) is -0.479. The van der Waals surface area contributed by atoms with Crippen LogP contribution in [0.1, 0.15) is 32.9 Å². The second-order valence-electron chi connectivity index (χ2n) is 3.78. The van der Waals surface area contributed by atoms with Crippen LogP contribution in [-0.4, -0.2) is 9.78 Å². The van der Waals surface area contributed by atoms with Gasteiger partial charge in [0.05, 0.1) is 5.54 Å². The van der Waals surface area contributed by atoms with Gasteiger partial charge in [0.2, 0.25) is 0 Å². The lowest BCUT2D eigenvalue weighted by Crippen LogP contribution is -2.23. The molecule has 0 N–H and O–H groups in total. The molecule has 0 radical (unpaired) electrons. The Bertz CT molecular complexity index is 302. The molecule has 0 aliphatic rings. The van der Waals surface area contributed by atoms with Gasteiger partial charge in [-0.3, -0.25) is 4.68 Å². The molecule has 0 unspecified atom stereocenters. The molecule has 0 bridgehead atoms. The fourth-order valence-corrected chi connectivity index (χ4v) is 1.80. The van der Waals surface area contributed by atoms with E-state index in [2.05, 4.69) is 21.0 Å². The predicted molar refractivity (Wildman–Crippen MR) is 49.9 cm³/mol. The summed E-state index contributed by atoms with van der Waals surface area (Å²) in [6, 6.07) is 1.34. The lowest BCUT2D eigenvalue weighted by atomic mass is 10.1. The molecule has 5 heteroatoms. The standard InChI is InChI=1S/C8H11BrF2N2/c1-8(2,3)13-6(9)4-5(12-13)7(10)11/h4,7H,1-3H3. The van der Waals surface area contributed by atoms with Crippen LogP contribution in [0.5, 0.6) is 0 Å². The van der Waals surface area contributed by atoms with Crippen molar-refractivity contribution in [3.8, 4) is 0 Å². The number of rotatable bonds is 1. The number of nitrogens with zero attached hydrogens (tertiary/aromatic N) is 2. The lowest BCUT2D eigenvalue weighted by Gasteiger charge is -2.20. The molecule has 0 aliphatic carbocycles. The van der Waals surface area contributed by atoms with Crippen LogP contribution in [0, 0.1) is 0 Å². The van der Waals surface area contributed by atoms with E-state index >= 15 is 0 Å². The number of aromatic nitrogens is 2. The van der Waals surface area contributed by atoms with Crippen LogP contribution in [0.25, 0.3) is 0 Å². The summed E-state index contributed by atoms with van der Waals surface area (Å²) in [4.78, 5) is 0. The summed E-state index contributed by atoms with van der Waals surface area (Å²) in [6.45, 7) is 5.71. The Balaban J connectivity index is 3.11. The van der Waals surface area contributed by atoms with Gasteiger partial charge in [-0.2, -0.15) is 5.10 Å². The zero-order valence-electron chi connectivity index (χ0n) is 7.68. The van der Waals surface area contributed by atoms with Crippen LogP contribution in [0.3, 0.4) is 0 Å². The van der Waals surface area contributed by atoms with Crippen molar-refractivity contribution in [3.05, 3.63) is 16.4 Å². The highest BCUT2D eigenvalue weighted by molar-refractivity contribution is 9.10. The molecule has 0 fully saturated rings. The maximum atomic E-state index is 12.3. The molecule has 2 nitrogen and oxygen atoms in total. The second kappa shape index (κ2) is 3.36. The number of halogens is 3. The zero-order valence-corrected chi connectivity index (χ0v) is 9.27. The quantitative estimate of drug-likeness (QED) is 0.750. The summed E-state index contributed by atoms with van der Waals surface area (Å²) in [5, 5.41) is 3.80. The average molecular weight is 253 g/mol. The topological polar surface area (TPSA) is 17.8 Å². The van der Waals surface area contributed by atoms with Crippen LogP contribution in [0.4, 0.5) is 8.78 Å². The minimum absolute atomic E-state index is 0.193. The summed E-state index contributed by atoms with van der Waals surface area (Å²) in [7, 11) is 0. The first kappa shape index (κ1) is 10.6. The molecule has 0 aliphatic heterocycles. The molecule has 0 amide bonds. The third-order valence-corrected chi connectivity index (χ3v) is 2.11. The highest BCUT2D eigenvalue weighted by Crippen LogP contribution is 2.26. The number of hydrogen-bond donors (Lipinski definition) is 0. The molecule has 74 valence electrons. The minimum atomic E-state index is -2.51. The van der Waals surface area contributed by atoms with E-state index in [1.165, 1.54) is 10.7 Å². The summed E-state index contributed by atoms with van der Waals surface area (Å²) in [6.07, 6.45) is -2.51. The van der Waals surface area contributed by atoms with Gasteiger partial charge in [0.15, 0.2) is 0 Å². The first-order valence-corrected chi connectivity index (χ1v) is 4.66. The largest absolute Gasteiger partial charge is 0.282 e. The van der Waals surface area contributed by atoms with Crippen molar-refractivity contribution in [2.45, 2.75) is 32.7 Å². The van der Waals surface area contributed by atoms with Crippen LogP contribution in [0.15, 0.2) is 10.7 Å². The minimum Gasteiger partial charge on any atom is -0.253 e. The third kappa shape index (κ3) is 2.27. The molecule has 0 aromatic carbocycles. The van der Waals surface area contributed by atoms with E-state index in [1.54, 1.807) is 0 Å². The predicted octanol–water partition coefficient (Wildman–Crippen LogP) is 3.34. The van der Waals surface area contributed by atoms with E-state index < -0.39 is 6.43 Å². The van der Waals surface area contributed by atoms with Crippen molar-refractivity contribution in [1.29, 1.82) is 0 Å². The molecular weight excluding hydrogens is 242 g/mol. The van der Waals surface area contributed by atoms with Gasteiger partial charge in [0.1, 0.15) is 10.3 Å². The van der Waals surface area contributed by atoms with Gasteiger partial charge in [-0.05, 0) is 42.8 Å². The van der Waals surface area contributed by atoms with Gasteiger partial charge in [0, 0.05) is 0 Å². The number of alkyl halides is 2. The molecule has 1 aromatic heterocycles. The van der Waals surface area contributed by atoms with Crippen LogP contribution in [-0.2, 0) is 5.54 Å². The van der Waals surface area contributed by atoms with Gasteiger partial charge < -0.3 is 0 Å². The third-order valence-electron chi connectivity index (χ3n) is 1.54. The zero-order chi connectivity index (χ0) is 10.2. The second-order valence-corrected chi connectivity index (χ2v) is 4.59. The average Bonchev–Trinajstić information content (AvgIpc) is 2.29. The molecule has 1 rings (SSSR count). The molecular formula is C8H11BrF2N2. The Morgan fingerprint density at radius 1 is 1.46 bits per heavy atom. The normalized spacial score (nSPS) is 12.5. The Kier molecular flexibility index (Phi) is 2.75. The summed E-state index contributed by atoms with van der Waals surface area (Å²) in [5.74, 6) is 0. The molecule has 13 heavy (non-hydrogen) atoms. The van der Waals surface area contributed by atoms with Gasteiger partial charge in [0.25, 0.3) is 6.43 Å². The van der Waals surface area contributed by atoms with Crippen LogP contribution in [0.2, 0.25) is 0 Å². The highest BCUT2D eigenvalue weighted by atomic mass is 79.9. The SMILES string of the molecule is CC(C)(C)n1nc(C(F)F)cc1Br. The highest BCUT2D eigenvalue weighted by Gasteiger charge is 2.21. The summed E-state index contributed by atoms with van der Waals surface area (Å²) >= 11 is 3.19. The fraction of sp³-hybridized carbons (Fsp3) is 0.625. The van der Waals surface area contributed by atoms with Crippen molar-refractivity contribution >= 4 is 15.9 Å². The maximum Gasteiger partial charge on any atom is 0.282 e. The van der Waals surface area contributed by atoms with E-state index in [0.717, 1.165) is 0 Å². The summed E-state index contributed by atoms with van der Waals surface area (Å²) < 4.78 is 26.6. The first-order valence-electron chi connectivity index (χ1n) is 3.86. The molecule has 0 saturated heterocycles. The Morgan fingerprint density at radius 2 is 2.00 bits per heavy atom. The Morgan fingerprint density at radius 3 is 2.23 bits per heavy atom. The van der Waals surface area contributed by atoms with E-state index in [-0.39, 0.29) is 11.2 Å². The van der Waals surface area contributed by atoms with Gasteiger partial charge in [-0.25, -0.2) is 8.78 Å². The van der Waals surface area contributed by atoms with Crippen LogP contribution < -0.4 is 0 Å². The van der Waals surface area contributed by atoms with E-state index in [4.69, 9.17) is 0 Å². The van der Waals surface area contributed by atoms with Crippen molar-refractivity contribution in [2.75, 3.05) is 0 Å². The molecule has 0 spiro atoms. The Labute approximate surface area is 84.1 Å². The van der Waals surface area contributed by atoms with E-state index in [9.17, 15) is 8.78 Å². The molecule has 0 atom stereocenters. The first-order chi connectivity index (χ1) is 5.82. The smallest absolute Gasteiger partial charge is 0.253 e. The number of hydrogen-bond acceptors (Lipinski definition) is 1. The van der Waals surface area contributed by atoms with Crippen molar-refractivity contribution in [1.82, 2.24) is 9.78 Å². The molecule has 1 heterocycles. The van der Waals surface area contributed by atoms with Crippen molar-refractivity contribution in [2.24, 2.45) is 0 Å². The Hall–Kier alpha value is -0.450. The van der Waals surface area contributed by atoms with Gasteiger partial charge in [-0.15, -0.1) is 0 Å².